The van der Waals surface area contributed by atoms with E-state index in [4.69, 9.17) is 15.2 Å². The Labute approximate surface area is 128 Å². The second kappa shape index (κ2) is 5.69. The number of esters is 1. The molecule has 0 aliphatic carbocycles. The van der Waals surface area contributed by atoms with E-state index in [-0.39, 0.29) is 11.5 Å². The lowest BCUT2D eigenvalue weighted by molar-refractivity contribution is -0.136. The molecule has 1 aliphatic heterocycles. The smallest absolute Gasteiger partial charge is 0.338 e. The molecule has 2 rings (SSSR count). The zero-order valence-corrected chi connectivity index (χ0v) is 13.2. The zero-order valence-electron chi connectivity index (χ0n) is 10.8. The molecular formula is C13H11BrN2O3S. The first-order chi connectivity index (χ1) is 9.49. The number of carbonyl (C=O) groups is 1. The van der Waals surface area contributed by atoms with E-state index in [0.717, 1.165) is 8.66 Å². The number of ether oxygens (including phenoxy) is 2. The van der Waals surface area contributed by atoms with Gasteiger partial charge in [-0.25, -0.2) is 4.79 Å². The third-order valence-corrected chi connectivity index (χ3v) is 4.58. The van der Waals surface area contributed by atoms with Crippen molar-refractivity contribution in [3.05, 3.63) is 43.6 Å². The molecular weight excluding hydrogens is 344 g/mol. The van der Waals surface area contributed by atoms with Crippen LogP contribution in [0, 0.1) is 11.3 Å². The van der Waals surface area contributed by atoms with E-state index < -0.39 is 11.9 Å². The minimum Gasteiger partial charge on any atom is -0.466 e. The highest BCUT2D eigenvalue weighted by molar-refractivity contribution is 9.11. The van der Waals surface area contributed by atoms with Crippen molar-refractivity contribution in [2.24, 2.45) is 5.73 Å². The molecule has 5 nitrogen and oxygen atoms in total. The van der Waals surface area contributed by atoms with Crippen molar-refractivity contribution in [1.29, 1.82) is 5.26 Å². The summed E-state index contributed by atoms with van der Waals surface area (Å²) in [6.07, 6.45) is 0. The lowest BCUT2D eigenvalue weighted by Crippen LogP contribution is -2.24. The van der Waals surface area contributed by atoms with E-state index in [2.05, 4.69) is 15.9 Å². The third-order valence-electron chi connectivity index (χ3n) is 2.89. The van der Waals surface area contributed by atoms with Gasteiger partial charge in [0.15, 0.2) is 0 Å². The van der Waals surface area contributed by atoms with Gasteiger partial charge < -0.3 is 15.2 Å². The van der Waals surface area contributed by atoms with Gasteiger partial charge in [-0.1, -0.05) is 0 Å². The van der Waals surface area contributed by atoms with Crippen LogP contribution in [0.15, 0.2) is 38.7 Å². The standard InChI is InChI=1S/C13H11BrN2O3S/c1-6-10(13(17)18-2)11(7(5-15)12(16)19-6)8-3-4-9(14)20-8/h3-4,11H,16H2,1-2H3. The summed E-state index contributed by atoms with van der Waals surface area (Å²) in [6, 6.07) is 5.71. The molecule has 1 atom stereocenters. The van der Waals surface area contributed by atoms with Crippen molar-refractivity contribution in [2.75, 3.05) is 7.11 Å². The Morgan fingerprint density at radius 3 is 2.80 bits per heavy atom. The molecule has 2 heterocycles. The second-order valence-corrected chi connectivity index (χ2v) is 6.52. The molecule has 0 bridgehead atoms. The van der Waals surface area contributed by atoms with Crippen LogP contribution < -0.4 is 5.73 Å². The first-order valence-corrected chi connectivity index (χ1v) is 7.22. The summed E-state index contributed by atoms with van der Waals surface area (Å²) in [4.78, 5) is 12.8. The normalized spacial score (nSPS) is 18.6. The summed E-state index contributed by atoms with van der Waals surface area (Å²) in [6.45, 7) is 1.63. The summed E-state index contributed by atoms with van der Waals surface area (Å²) < 4.78 is 11.0. The molecule has 0 spiro atoms. The van der Waals surface area contributed by atoms with Crippen molar-refractivity contribution in [1.82, 2.24) is 0 Å². The Bertz CT molecular complexity index is 669. The van der Waals surface area contributed by atoms with E-state index in [9.17, 15) is 10.1 Å². The molecule has 20 heavy (non-hydrogen) atoms. The Kier molecular flexibility index (Phi) is 4.16. The van der Waals surface area contributed by atoms with Crippen LogP contribution in [-0.4, -0.2) is 13.1 Å². The van der Waals surface area contributed by atoms with Crippen LogP contribution in [0.2, 0.25) is 0 Å². The lowest BCUT2D eigenvalue weighted by atomic mass is 9.88. The highest BCUT2D eigenvalue weighted by Gasteiger charge is 2.36. The van der Waals surface area contributed by atoms with Crippen LogP contribution in [0.5, 0.6) is 0 Å². The van der Waals surface area contributed by atoms with Crippen LogP contribution in [0.3, 0.4) is 0 Å². The zero-order chi connectivity index (χ0) is 14.9. The molecule has 1 aliphatic rings. The number of hydrogen-bond donors (Lipinski definition) is 1. The van der Waals surface area contributed by atoms with Gasteiger partial charge in [0.25, 0.3) is 0 Å². The van der Waals surface area contributed by atoms with Gasteiger partial charge in [0.1, 0.15) is 17.4 Å². The number of methoxy groups -OCH3 is 1. The van der Waals surface area contributed by atoms with Crippen LogP contribution in [0.25, 0.3) is 0 Å². The van der Waals surface area contributed by atoms with E-state index in [1.165, 1.54) is 18.4 Å². The van der Waals surface area contributed by atoms with Gasteiger partial charge in [-0.15, -0.1) is 11.3 Å². The van der Waals surface area contributed by atoms with Gasteiger partial charge in [-0.3, -0.25) is 0 Å². The number of thiophene rings is 1. The van der Waals surface area contributed by atoms with Crippen molar-refractivity contribution >= 4 is 33.2 Å². The molecule has 7 heteroatoms. The molecule has 1 unspecified atom stereocenters. The Morgan fingerprint density at radius 2 is 2.30 bits per heavy atom. The first kappa shape index (κ1) is 14.6. The van der Waals surface area contributed by atoms with Gasteiger partial charge in [0.05, 0.1) is 22.4 Å². The average Bonchev–Trinajstić information content (AvgIpc) is 2.83. The summed E-state index contributed by atoms with van der Waals surface area (Å²) >= 11 is 4.80. The third kappa shape index (κ3) is 2.44. The monoisotopic (exact) mass is 354 g/mol. The second-order valence-electron chi connectivity index (χ2n) is 4.03. The van der Waals surface area contributed by atoms with Crippen LogP contribution in [0.4, 0.5) is 0 Å². The number of halogens is 1. The fourth-order valence-corrected chi connectivity index (χ4v) is 3.57. The Hall–Kier alpha value is -1.78. The van der Waals surface area contributed by atoms with Crippen molar-refractivity contribution < 1.29 is 14.3 Å². The number of allylic oxidation sites excluding steroid dienone is 2. The number of nitrogens with two attached hydrogens (primary N) is 1. The molecule has 0 fully saturated rings. The van der Waals surface area contributed by atoms with Crippen LogP contribution in [0.1, 0.15) is 17.7 Å². The minimum atomic E-state index is -0.558. The summed E-state index contributed by atoms with van der Waals surface area (Å²) in [7, 11) is 1.29. The summed E-state index contributed by atoms with van der Waals surface area (Å²) in [5, 5.41) is 9.31. The van der Waals surface area contributed by atoms with E-state index in [1.54, 1.807) is 6.92 Å². The van der Waals surface area contributed by atoms with E-state index in [0.29, 0.717) is 11.3 Å². The molecule has 0 saturated heterocycles. The maximum absolute atomic E-state index is 12.0. The Balaban J connectivity index is 2.62. The molecule has 0 amide bonds. The number of carbonyl (C=O) groups excluding carboxylic acids is 1. The SMILES string of the molecule is COC(=O)C1=C(C)OC(N)=C(C#N)C1c1ccc(Br)s1. The lowest BCUT2D eigenvalue weighted by Gasteiger charge is -2.25. The predicted molar refractivity (Wildman–Crippen MR) is 77.4 cm³/mol. The van der Waals surface area contributed by atoms with Gasteiger partial charge in [0, 0.05) is 4.88 Å². The number of hydrogen-bond acceptors (Lipinski definition) is 6. The van der Waals surface area contributed by atoms with Crippen LogP contribution in [-0.2, 0) is 14.3 Å². The molecule has 104 valence electrons. The van der Waals surface area contributed by atoms with Gasteiger partial charge in [-0.2, -0.15) is 5.26 Å². The number of nitriles is 1. The van der Waals surface area contributed by atoms with Crippen molar-refractivity contribution in [3.8, 4) is 6.07 Å². The summed E-state index contributed by atoms with van der Waals surface area (Å²) in [5.41, 5.74) is 6.27. The minimum absolute atomic E-state index is 0.0205. The molecule has 0 saturated carbocycles. The molecule has 1 aromatic heterocycles. The highest BCUT2D eigenvalue weighted by Crippen LogP contribution is 2.42. The topological polar surface area (TPSA) is 85.3 Å². The van der Waals surface area contributed by atoms with Crippen molar-refractivity contribution in [3.63, 3.8) is 0 Å². The molecule has 2 N–H and O–H groups in total. The average molecular weight is 355 g/mol. The maximum Gasteiger partial charge on any atom is 0.338 e. The van der Waals surface area contributed by atoms with Crippen LogP contribution >= 0.6 is 27.3 Å². The molecule has 0 radical (unpaired) electrons. The van der Waals surface area contributed by atoms with E-state index in [1.807, 2.05) is 18.2 Å². The quantitative estimate of drug-likeness (QED) is 0.825. The number of rotatable bonds is 2. The molecule has 1 aromatic rings. The molecule has 0 aromatic carbocycles. The first-order valence-electron chi connectivity index (χ1n) is 5.61. The maximum atomic E-state index is 12.0. The van der Waals surface area contributed by atoms with Gasteiger partial charge in [-0.05, 0) is 35.0 Å². The summed E-state index contributed by atoms with van der Waals surface area (Å²) in [5.74, 6) is -0.718. The van der Waals surface area contributed by atoms with Gasteiger partial charge in [0.2, 0.25) is 5.88 Å². The van der Waals surface area contributed by atoms with E-state index >= 15 is 0 Å². The largest absolute Gasteiger partial charge is 0.466 e. The number of nitrogens with zero attached hydrogens (tertiary/aromatic N) is 1. The Morgan fingerprint density at radius 1 is 1.60 bits per heavy atom. The fourth-order valence-electron chi connectivity index (χ4n) is 2.02. The van der Waals surface area contributed by atoms with Crippen molar-refractivity contribution in [2.45, 2.75) is 12.8 Å². The fraction of sp³-hybridized carbons (Fsp3) is 0.231. The predicted octanol–water partition coefficient (Wildman–Crippen LogP) is 2.77. The van der Waals surface area contributed by atoms with Gasteiger partial charge >= 0.3 is 5.97 Å². The highest BCUT2D eigenvalue weighted by atomic mass is 79.9.